The Hall–Kier alpha value is -2.66. The fourth-order valence-corrected chi connectivity index (χ4v) is 2.77. The van der Waals surface area contributed by atoms with E-state index in [1.807, 2.05) is 0 Å². The van der Waals surface area contributed by atoms with E-state index in [4.69, 9.17) is 9.47 Å². The number of anilines is 1. The van der Waals surface area contributed by atoms with Crippen molar-refractivity contribution in [2.24, 2.45) is 0 Å². The summed E-state index contributed by atoms with van der Waals surface area (Å²) in [5, 5.41) is 2.97. The van der Waals surface area contributed by atoms with Crippen molar-refractivity contribution in [3.8, 4) is 5.75 Å². The lowest BCUT2D eigenvalue weighted by Gasteiger charge is -2.22. The molecule has 1 aliphatic rings. The third-order valence-electron chi connectivity index (χ3n) is 3.85. The number of hydrogen-bond donors (Lipinski definition) is 1. The van der Waals surface area contributed by atoms with Crippen LogP contribution in [0.5, 0.6) is 5.75 Å². The number of nitrogens with one attached hydrogen (secondary N) is 1. The Morgan fingerprint density at radius 3 is 2.26 bits per heavy atom. The summed E-state index contributed by atoms with van der Waals surface area (Å²) in [6.45, 7) is 0.726. The van der Waals surface area contributed by atoms with Crippen molar-refractivity contribution >= 4 is 17.3 Å². The number of ether oxygens (including phenoxy) is 2. The van der Waals surface area contributed by atoms with Crippen LogP contribution < -0.4 is 10.1 Å². The monoisotopic (exact) mass is 311 g/mol. The van der Waals surface area contributed by atoms with E-state index in [-0.39, 0.29) is 11.6 Å². The van der Waals surface area contributed by atoms with E-state index >= 15 is 0 Å². The first-order chi connectivity index (χ1) is 11.2. The highest BCUT2D eigenvalue weighted by molar-refractivity contribution is 6.31. The number of fused-ring (bicyclic) bond motifs is 2. The Labute approximate surface area is 134 Å². The molecule has 0 aliphatic heterocycles. The van der Waals surface area contributed by atoms with E-state index in [1.165, 1.54) is 0 Å². The predicted molar refractivity (Wildman–Crippen MR) is 86.7 cm³/mol. The average molecular weight is 311 g/mol. The first kappa shape index (κ1) is 15.2. The van der Waals surface area contributed by atoms with Crippen molar-refractivity contribution in [1.29, 1.82) is 0 Å². The lowest BCUT2D eigenvalue weighted by molar-refractivity contribution is 0.0973. The minimum atomic E-state index is -0.195. The highest BCUT2D eigenvalue weighted by atomic mass is 16.5. The van der Waals surface area contributed by atoms with Gasteiger partial charge in [0.1, 0.15) is 12.4 Å². The summed E-state index contributed by atoms with van der Waals surface area (Å²) in [5.74, 6) is 0.0508. The number of methoxy groups -OCH3 is 1. The fourth-order valence-electron chi connectivity index (χ4n) is 2.77. The first-order valence-electron chi connectivity index (χ1n) is 7.34. The summed E-state index contributed by atoms with van der Waals surface area (Å²) in [6, 6.07) is 10.3. The summed E-state index contributed by atoms with van der Waals surface area (Å²) in [7, 11) is 3.31. The zero-order valence-electron chi connectivity index (χ0n) is 13.0. The van der Waals surface area contributed by atoms with Gasteiger partial charge in [-0.25, -0.2) is 0 Å². The molecule has 0 heterocycles. The second-order valence-electron chi connectivity index (χ2n) is 5.16. The molecule has 0 unspecified atom stereocenters. The summed E-state index contributed by atoms with van der Waals surface area (Å²) in [6.07, 6.45) is 0. The highest BCUT2D eigenvalue weighted by Gasteiger charge is 2.33. The van der Waals surface area contributed by atoms with Crippen LogP contribution >= 0.6 is 0 Å². The molecule has 0 aromatic heterocycles. The Kier molecular flexibility index (Phi) is 4.12. The van der Waals surface area contributed by atoms with E-state index in [0.717, 1.165) is 0 Å². The number of carbonyl (C=O) groups excluding carboxylic acids is 2. The van der Waals surface area contributed by atoms with Gasteiger partial charge in [0.05, 0.1) is 17.7 Å². The maximum absolute atomic E-state index is 12.9. The summed E-state index contributed by atoms with van der Waals surface area (Å²) < 4.78 is 10.6. The standard InChI is InChI=1S/C18H17NO4/c1-19-13-7-3-5-11-15(13)17(20)12-6-4-8-14(16(12)18(11)21)23-10-9-22-2/h3-8,19H,9-10H2,1-2H3. The number of rotatable bonds is 5. The van der Waals surface area contributed by atoms with Gasteiger partial charge in [-0.2, -0.15) is 0 Å². The minimum absolute atomic E-state index is 0.170. The van der Waals surface area contributed by atoms with Crippen LogP contribution in [0.4, 0.5) is 5.69 Å². The lowest BCUT2D eigenvalue weighted by atomic mass is 9.82. The quantitative estimate of drug-likeness (QED) is 0.734. The van der Waals surface area contributed by atoms with Gasteiger partial charge in [0.2, 0.25) is 0 Å². The summed E-state index contributed by atoms with van der Waals surface area (Å²) in [5.41, 5.74) is 2.17. The van der Waals surface area contributed by atoms with Crippen molar-refractivity contribution in [3.05, 3.63) is 58.7 Å². The van der Waals surface area contributed by atoms with Gasteiger partial charge in [-0.15, -0.1) is 0 Å². The predicted octanol–water partition coefficient (Wildman–Crippen LogP) is 2.53. The van der Waals surface area contributed by atoms with Crippen LogP contribution in [0.2, 0.25) is 0 Å². The molecule has 0 atom stereocenters. The molecule has 2 aromatic rings. The van der Waals surface area contributed by atoms with Crippen LogP contribution in [0, 0.1) is 0 Å². The Morgan fingerprint density at radius 2 is 1.57 bits per heavy atom. The van der Waals surface area contributed by atoms with Gasteiger partial charge in [-0.3, -0.25) is 9.59 Å². The Balaban J connectivity index is 2.11. The van der Waals surface area contributed by atoms with Crippen LogP contribution in [0.25, 0.3) is 0 Å². The normalized spacial score (nSPS) is 12.6. The van der Waals surface area contributed by atoms with Gasteiger partial charge in [-0.05, 0) is 12.1 Å². The molecule has 5 nitrogen and oxygen atoms in total. The van der Waals surface area contributed by atoms with Crippen molar-refractivity contribution < 1.29 is 19.1 Å². The van der Waals surface area contributed by atoms with Crippen LogP contribution in [0.1, 0.15) is 31.8 Å². The Bertz CT molecular complexity index is 783. The average Bonchev–Trinajstić information content (AvgIpc) is 2.59. The minimum Gasteiger partial charge on any atom is -0.490 e. The smallest absolute Gasteiger partial charge is 0.198 e. The van der Waals surface area contributed by atoms with Gasteiger partial charge in [0, 0.05) is 31.0 Å². The van der Waals surface area contributed by atoms with E-state index in [2.05, 4.69) is 5.32 Å². The molecule has 1 N–H and O–H groups in total. The number of hydrogen-bond acceptors (Lipinski definition) is 5. The van der Waals surface area contributed by atoms with Gasteiger partial charge >= 0.3 is 0 Å². The molecule has 0 amide bonds. The molecular formula is C18H17NO4. The van der Waals surface area contributed by atoms with E-state index in [9.17, 15) is 9.59 Å². The molecular weight excluding hydrogens is 294 g/mol. The van der Waals surface area contributed by atoms with Crippen molar-refractivity contribution in [1.82, 2.24) is 0 Å². The van der Waals surface area contributed by atoms with Gasteiger partial charge in [0.25, 0.3) is 0 Å². The SMILES string of the molecule is CNc1cccc2c1C(=O)c1cccc(OCCOC)c1C2=O. The number of benzene rings is 2. The molecule has 0 spiro atoms. The largest absolute Gasteiger partial charge is 0.490 e. The second-order valence-corrected chi connectivity index (χ2v) is 5.16. The van der Waals surface area contributed by atoms with E-state index in [0.29, 0.717) is 46.9 Å². The third kappa shape index (κ3) is 2.49. The van der Waals surface area contributed by atoms with Crippen molar-refractivity contribution in [2.45, 2.75) is 0 Å². The summed E-state index contributed by atoms with van der Waals surface area (Å²) in [4.78, 5) is 25.7. The van der Waals surface area contributed by atoms with Crippen LogP contribution in [0.3, 0.4) is 0 Å². The maximum atomic E-state index is 12.9. The van der Waals surface area contributed by atoms with Gasteiger partial charge in [-0.1, -0.05) is 24.3 Å². The molecule has 0 fully saturated rings. The molecule has 1 aliphatic carbocycles. The first-order valence-corrected chi connectivity index (χ1v) is 7.34. The van der Waals surface area contributed by atoms with Crippen LogP contribution in [0.15, 0.2) is 36.4 Å². The molecule has 3 rings (SSSR count). The lowest BCUT2D eigenvalue weighted by Crippen LogP contribution is -2.23. The molecule has 0 saturated carbocycles. The van der Waals surface area contributed by atoms with E-state index < -0.39 is 0 Å². The number of carbonyl (C=O) groups is 2. The molecule has 23 heavy (non-hydrogen) atoms. The molecule has 118 valence electrons. The third-order valence-corrected chi connectivity index (χ3v) is 3.85. The van der Waals surface area contributed by atoms with Crippen LogP contribution in [-0.4, -0.2) is 38.9 Å². The van der Waals surface area contributed by atoms with Crippen molar-refractivity contribution in [2.75, 3.05) is 32.7 Å². The molecule has 5 heteroatoms. The molecule has 0 radical (unpaired) electrons. The maximum Gasteiger partial charge on any atom is 0.198 e. The Morgan fingerprint density at radius 1 is 0.913 bits per heavy atom. The highest BCUT2D eigenvalue weighted by Crippen LogP contribution is 2.36. The summed E-state index contributed by atoms with van der Waals surface area (Å²) >= 11 is 0. The molecule has 2 aromatic carbocycles. The van der Waals surface area contributed by atoms with Gasteiger partial charge in [0.15, 0.2) is 11.6 Å². The second kappa shape index (κ2) is 6.22. The molecule has 0 saturated heterocycles. The number of ketones is 2. The topological polar surface area (TPSA) is 64.6 Å². The van der Waals surface area contributed by atoms with Crippen molar-refractivity contribution in [3.63, 3.8) is 0 Å². The zero-order chi connectivity index (χ0) is 16.4. The van der Waals surface area contributed by atoms with Crippen LogP contribution in [-0.2, 0) is 4.74 Å². The molecule has 0 bridgehead atoms. The van der Waals surface area contributed by atoms with E-state index in [1.54, 1.807) is 50.6 Å². The fraction of sp³-hybridized carbons (Fsp3) is 0.222. The van der Waals surface area contributed by atoms with Gasteiger partial charge < -0.3 is 14.8 Å². The zero-order valence-corrected chi connectivity index (χ0v) is 13.0.